The fraction of sp³-hybridized carbons (Fsp3) is 0.667. The molecule has 1 aliphatic carbocycles. The lowest BCUT2D eigenvalue weighted by Crippen LogP contribution is -2.48. The quantitative estimate of drug-likeness (QED) is 0.738. The zero-order valence-electron chi connectivity index (χ0n) is 13.4. The Morgan fingerprint density at radius 2 is 1.62 bits per heavy atom. The van der Waals surface area contributed by atoms with Crippen LogP contribution in [0.3, 0.4) is 0 Å². The molecule has 0 radical (unpaired) electrons. The molecule has 0 unspecified atom stereocenters. The predicted molar refractivity (Wildman–Crippen MR) is 86.2 cm³/mol. The van der Waals surface area contributed by atoms with Crippen LogP contribution in [-0.2, 0) is 15.0 Å². The topological polar surface area (TPSA) is 30.5 Å². The first kappa shape index (κ1) is 16.5. The van der Waals surface area contributed by atoms with E-state index >= 15 is 0 Å². The van der Waals surface area contributed by atoms with Gasteiger partial charge in [-0.25, -0.2) is 0 Å². The Labute approximate surface area is 129 Å². The molecule has 2 rings (SSSR count). The summed E-state index contributed by atoms with van der Waals surface area (Å²) in [4.78, 5) is 0. The van der Waals surface area contributed by atoms with Crippen LogP contribution < -0.4 is 5.32 Å². The Bertz CT molecular complexity index is 381. The van der Waals surface area contributed by atoms with Gasteiger partial charge >= 0.3 is 0 Å². The van der Waals surface area contributed by atoms with Gasteiger partial charge in [0.15, 0.2) is 6.29 Å². The summed E-state index contributed by atoms with van der Waals surface area (Å²) in [6, 6.07) is 10.8. The van der Waals surface area contributed by atoms with Gasteiger partial charge in [0.1, 0.15) is 0 Å². The second-order valence-electron chi connectivity index (χ2n) is 5.73. The molecule has 0 aliphatic heterocycles. The van der Waals surface area contributed by atoms with Gasteiger partial charge in [-0.05, 0) is 32.3 Å². The number of hydrogen-bond donors (Lipinski definition) is 1. The minimum Gasteiger partial charge on any atom is -0.352 e. The summed E-state index contributed by atoms with van der Waals surface area (Å²) in [6.07, 6.45) is 6.16. The summed E-state index contributed by atoms with van der Waals surface area (Å²) in [5, 5.41) is 3.77. The predicted octanol–water partition coefficient (Wildman–Crippen LogP) is 3.83. The van der Waals surface area contributed by atoms with Crippen molar-refractivity contribution in [3.05, 3.63) is 35.9 Å². The summed E-state index contributed by atoms with van der Waals surface area (Å²) < 4.78 is 11.3. The maximum absolute atomic E-state index is 5.67. The number of benzene rings is 1. The molecule has 1 N–H and O–H groups in total. The average Bonchev–Trinajstić information content (AvgIpc) is 2.55. The first-order valence-electron chi connectivity index (χ1n) is 8.34. The first-order valence-corrected chi connectivity index (χ1v) is 8.34. The van der Waals surface area contributed by atoms with E-state index < -0.39 is 0 Å². The van der Waals surface area contributed by atoms with Gasteiger partial charge in [0, 0.05) is 25.3 Å². The smallest absolute Gasteiger partial charge is 0.169 e. The Morgan fingerprint density at radius 3 is 2.19 bits per heavy atom. The number of ether oxygens (including phenoxy) is 2. The normalized spacial score (nSPS) is 18.0. The second-order valence-corrected chi connectivity index (χ2v) is 5.73. The van der Waals surface area contributed by atoms with Gasteiger partial charge in [0.05, 0.1) is 0 Å². The molecule has 1 saturated carbocycles. The van der Waals surface area contributed by atoms with E-state index in [1.807, 2.05) is 13.8 Å². The lowest BCUT2D eigenvalue weighted by atomic mass is 9.76. The Morgan fingerprint density at radius 1 is 1.00 bits per heavy atom. The molecule has 118 valence electrons. The van der Waals surface area contributed by atoms with Gasteiger partial charge < -0.3 is 14.8 Å². The second kappa shape index (κ2) is 8.52. The van der Waals surface area contributed by atoms with Crippen molar-refractivity contribution in [2.45, 2.75) is 57.8 Å². The zero-order valence-corrected chi connectivity index (χ0v) is 13.4. The number of rotatable bonds is 8. The lowest BCUT2D eigenvalue weighted by Gasteiger charge is -2.40. The highest BCUT2D eigenvalue weighted by molar-refractivity contribution is 5.25. The van der Waals surface area contributed by atoms with Crippen LogP contribution in [0, 0.1) is 0 Å². The van der Waals surface area contributed by atoms with Gasteiger partial charge in [-0.15, -0.1) is 0 Å². The van der Waals surface area contributed by atoms with Crippen molar-refractivity contribution in [2.24, 2.45) is 0 Å². The molecule has 1 aliphatic rings. The zero-order chi connectivity index (χ0) is 15.0. The Balaban J connectivity index is 2.06. The van der Waals surface area contributed by atoms with Crippen LogP contribution in [0.2, 0.25) is 0 Å². The molecule has 1 aromatic carbocycles. The number of hydrogen-bond acceptors (Lipinski definition) is 3. The van der Waals surface area contributed by atoms with Crippen molar-refractivity contribution in [3.63, 3.8) is 0 Å². The van der Waals surface area contributed by atoms with Crippen molar-refractivity contribution in [2.75, 3.05) is 19.8 Å². The van der Waals surface area contributed by atoms with E-state index in [0.717, 1.165) is 6.54 Å². The fourth-order valence-electron chi connectivity index (χ4n) is 3.30. The molecule has 0 heterocycles. The highest BCUT2D eigenvalue weighted by Gasteiger charge is 2.33. The van der Waals surface area contributed by atoms with Gasteiger partial charge in [0.25, 0.3) is 0 Å². The van der Waals surface area contributed by atoms with Crippen molar-refractivity contribution < 1.29 is 9.47 Å². The molecule has 0 atom stereocenters. The molecule has 0 aromatic heterocycles. The molecule has 3 heteroatoms. The summed E-state index contributed by atoms with van der Waals surface area (Å²) in [7, 11) is 0. The van der Waals surface area contributed by atoms with E-state index in [-0.39, 0.29) is 11.8 Å². The molecule has 0 amide bonds. The van der Waals surface area contributed by atoms with E-state index in [2.05, 4.69) is 35.6 Å². The highest BCUT2D eigenvalue weighted by atomic mass is 16.7. The van der Waals surface area contributed by atoms with Crippen molar-refractivity contribution >= 4 is 0 Å². The largest absolute Gasteiger partial charge is 0.352 e. The van der Waals surface area contributed by atoms with Crippen LogP contribution in [0.5, 0.6) is 0 Å². The van der Waals surface area contributed by atoms with Crippen molar-refractivity contribution in [3.8, 4) is 0 Å². The van der Waals surface area contributed by atoms with Crippen LogP contribution >= 0.6 is 0 Å². The monoisotopic (exact) mass is 291 g/mol. The third-order valence-electron chi connectivity index (χ3n) is 4.35. The van der Waals surface area contributed by atoms with Gasteiger partial charge in [-0.2, -0.15) is 0 Å². The summed E-state index contributed by atoms with van der Waals surface area (Å²) in [5.41, 5.74) is 1.49. The molecule has 21 heavy (non-hydrogen) atoms. The maximum atomic E-state index is 5.67. The van der Waals surface area contributed by atoms with Gasteiger partial charge in [0.2, 0.25) is 0 Å². The van der Waals surface area contributed by atoms with E-state index in [0.29, 0.717) is 13.2 Å². The first-order chi connectivity index (χ1) is 10.3. The third kappa shape index (κ3) is 4.53. The number of nitrogens with one attached hydrogen (secondary N) is 1. The van der Waals surface area contributed by atoms with E-state index in [4.69, 9.17) is 9.47 Å². The lowest BCUT2D eigenvalue weighted by molar-refractivity contribution is -0.136. The fourth-order valence-corrected chi connectivity index (χ4v) is 3.30. The summed E-state index contributed by atoms with van der Waals surface area (Å²) in [5.74, 6) is 0. The summed E-state index contributed by atoms with van der Waals surface area (Å²) in [6.45, 7) is 6.14. The molecule has 0 bridgehead atoms. The minimum atomic E-state index is -0.150. The standard InChI is InChI=1S/C18H29NO2/c1-3-20-17(21-4-2)15-19-18(13-9-6-10-14-18)16-11-7-5-8-12-16/h5,7-8,11-12,17,19H,3-4,6,9-10,13-15H2,1-2H3. The van der Waals surface area contributed by atoms with Gasteiger partial charge in [-0.1, -0.05) is 49.6 Å². The van der Waals surface area contributed by atoms with Crippen LogP contribution in [0.15, 0.2) is 30.3 Å². The van der Waals surface area contributed by atoms with Crippen LogP contribution in [0.25, 0.3) is 0 Å². The van der Waals surface area contributed by atoms with Crippen LogP contribution in [0.1, 0.15) is 51.5 Å². The van der Waals surface area contributed by atoms with Gasteiger partial charge in [-0.3, -0.25) is 0 Å². The molecular formula is C18H29NO2. The molecular weight excluding hydrogens is 262 g/mol. The molecule has 0 saturated heterocycles. The van der Waals surface area contributed by atoms with Crippen molar-refractivity contribution in [1.82, 2.24) is 5.32 Å². The van der Waals surface area contributed by atoms with Crippen LogP contribution in [0.4, 0.5) is 0 Å². The van der Waals surface area contributed by atoms with E-state index in [1.54, 1.807) is 0 Å². The van der Waals surface area contributed by atoms with E-state index in [1.165, 1.54) is 37.7 Å². The highest BCUT2D eigenvalue weighted by Crippen LogP contribution is 2.37. The Kier molecular flexibility index (Phi) is 6.68. The molecule has 1 fully saturated rings. The molecule has 1 aromatic rings. The van der Waals surface area contributed by atoms with E-state index in [9.17, 15) is 0 Å². The summed E-state index contributed by atoms with van der Waals surface area (Å²) >= 11 is 0. The van der Waals surface area contributed by atoms with Crippen molar-refractivity contribution in [1.29, 1.82) is 0 Å². The molecule has 3 nitrogen and oxygen atoms in total. The minimum absolute atomic E-state index is 0.0892. The molecule has 0 spiro atoms. The SMILES string of the molecule is CCOC(CNC1(c2ccccc2)CCCCC1)OCC. The average molecular weight is 291 g/mol. The Hall–Kier alpha value is -0.900. The van der Waals surface area contributed by atoms with Crippen LogP contribution in [-0.4, -0.2) is 26.0 Å². The third-order valence-corrected chi connectivity index (χ3v) is 4.35. The maximum Gasteiger partial charge on any atom is 0.169 e.